The number of aliphatic hydroxyl groups is 3. The molecule has 1 aromatic heterocycles. The largest absolute Gasteiger partial charge is 0.394 e. The van der Waals surface area contributed by atoms with Gasteiger partial charge in [-0.2, -0.15) is 0 Å². The van der Waals surface area contributed by atoms with Gasteiger partial charge in [0.1, 0.15) is 5.54 Å². The van der Waals surface area contributed by atoms with Crippen molar-refractivity contribution in [2.45, 2.75) is 24.4 Å². The van der Waals surface area contributed by atoms with Crippen molar-refractivity contribution in [3.05, 3.63) is 59.4 Å². The second-order valence-electron chi connectivity index (χ2n) is 6.58. The third kappa shape index (κ3) is 3.16. The van der Waals surface area contributed by atoms with E-state index >= 15 is 0 Å². The standard InChI is InChI=1S/C19H22N2O5/c22-10-19(11-23,12-24)20-18(26)14-8-9-21-15(14)6-7-16(21)17(25)13-4-2-1-3-5-13/h1-7,14,22-24H,8-12H2,(H,20,26)/t14-/m1/s1. The molecule has 0 saturated carbocycles. The molecule has 26 heavy (non-hydrogen) atoms. The average Bonchev–Trinajstić information content (AvgIpc) is 3.28. The minimum absolute atomic E-state index is 0.103. The second kappa shape index (κ2) is 7.41. The van der Waals surface area contributed by atoms with Gasteiger partial charge in [-0.25, -0.2) is 0 Å². The van der Waals surface area contributed by atoms with Crippen LogP contribution in [0.3, 0.4) is 0 Å². The van der Waals surface area contributed by atoms with Gasteiger partial charge in [-0.05, 0) is 18.6 Å². The molecule has 0 unspecified atom stereocenters. The predicted octanol–water partition coefficient (Wildman–Crippen LogP) is 0.0383. The van der Waals surface area contributed by atoms with Crippen LogP contribution in [0.25, 0.3) is 0 Å². The maximum absolute atomic E-state index is 12.7. The zero-order valence-electron chi connectivity index (χ0n) is 14.3. The van der Waals surface area contributed by atoms with Crippen molar-refractivity contribution in [2.24, 2.45) is 0 Å². The summed E-state index contributed by atoms with van der Waals surface area (Å²) in [5, 5.41) is 30.7. The number of ketones is 1. The summed E-state index contributed by atoms with van der Waals surface area (Å²) in [6.07, 6.45) is 0.509. The molecule has 1 amide bonds. The van der Waals surface area contributed by atoms with Gasteiger partial charge in [0.15, 0.2) is 0 Å². The van der Waals surface area contributed by atoms with Crippen molar-refractivity contribution < 1.29 is 24.9 Å². The Balaban J connectivity index is 1.82. The maximum Gasteiger partial charge on any atom is 0.229 e. The van der Waals surface area contributed by atoms with Crippen LogP contribution >= 0.6 is 0 Å². The van der Waals surface area contributed by atoms with Gasteiger partial charge in [-0.1, -0.05) is 30.3 Å². The maximum atomic E-state index is 12.7. The summed E-state index contributed by atoms with van der Waals surface area (Å²) < 4.78 is 1.83. The zero-order chi connectivity index (χ0) is 18.7. The number of benzene rings is 1. The highest BCUT2D eigenvalue weighted by Crippen LogP contribution is 2.32. The fourth-order valence-electron chi connectivity index (χ4n) is 3.26. The van der Waals surface area contributed by atoms with Crippen LogP contribution in [0.5, 0.6) is 0 Å². The SMILES string of the molecule is O=C(c1ccccc1)c1ccc2n1CC[C@H]2C(=O)NC(CO)(CO)CO. The minimum Gasteiger partial charge on any atom is -0.394 e. The Morgan fingerprint density at radius 2 is 1.69 bits per heavy atom. The Morgan fingerprint density at radius 1 is 1.04 bits per heavy atom. The Labute approximate surface area is 150 Å². The third-order valence-electron chi connectivity index (χ3n) is 4.89. The molecule has 0 spiro atoms. The molecular weight excluding hydrogens is 336 g/mol. The molecule has 1 aliphatic heterocycles. The van der Waals surface area contributed by atoms with Crippen molar-refractivity contribution >= 4 is 11.7 Å². The topological polar surface area (TPSA) is 112 Å². The summed E-state index contributed by atoms with van der Waals surface area (Å²) >= 11 is 0. The van der Waals surface area contributed by atoms with Gasteiger partial charge in [0.25, 0.3) is 0 Å². The molecule has 0 radical (unpaired) electrons. The summed E-state index contributed by atoms with van der Waals surface area (Å²) in [5.41, 5.74) is 0.365. The van der Waals surface area contributed by atoms with Crippen LogP contribution < -0.4 is 5.32 Å². The lowest BCUT2D eigenvalue weighted by Gasteiger charge is -2.29. The number of amides is 1. The number of hydrogen-bond donors (Lipinski definition) is 4. The highest BCUT2D eigenvalue weighted by Gasteiger charge is 2.37. The summed E-state index contributed by atoms with van der Waals surface area (Å²) in [6, 6.07) is 12.4. The van der Waals surface area contributed by atoms with Crippen LogP contribution in [0.15, 0.2) is 42.5 Å². The summed E-state index contributed by atoms with van der Waals surface area (Å²) in [6.45, 7) is -1.19. The highest BCUT2D eigenvalue weighted by molar-refractivity contribution is 6.08. The van der Waals surface area contributed by atoms with E-state index < -0.39 is 37.2 Å². The van der Waals surface area contributed by atoms with Crippen LogP contribution in [0.2, 0.25) is 0 Å². The molecule has 0 saturated heterocycles. The molecule has 1 aromatic carbocycles. The molecule has 0 fully saturated rings. The number of hydrogen-bond acceptors (Lipinski definition) is 5. The monoisotopic (exact) mass is 358 g/mol. The molecule has 2 aromatic rings. The van der Waals surface area contributed by atoms with E-state index in [9.17, 15) is 24.9 Å². The van der Waals surface area contributed by atoms with Gasteiger partial charge < -0.3 is 25.2 Å². The third-order valence-corrected chi connectivity index (χ3v) is 4.89. The van der Waals surface area contributed by atoms with E-state index in [-0.39, 0.29) is 5.78 Å². The second-order valence-corrected chi connectivity index (χ2v) is 6.58. The van der Waals surface area contributed by atoms with E-state index in [0.717, 1.165) is 0 Å². The van der Waals surface area contributed by atoms with Crippen LogP contribution in [-0.4, -0.2) is 56.9 Å². The first-order chi connectivity index (χ1) is 12.5. The molecule has 2 heterocycles. The van der Waals surface area contributed by atoms with E-state index in [0.29, 0.717) is 29.9 Å². The predicted molar refractivity (Wildman–Crippen MR) is 93.8 cm³/mol. The Hall–Kier alpha value is -2.48. The number of carbonyl (C=O) groups excluding carboxylic acids is 2. The summed E-state index contributed by atoms with van der Waals surface area (Å²) in [7, 11) is 0. The quantitative estimate of drug-likeness (QED) is 0.522. The van der Waals surface area contributed by atoms with Crippen molar-refractivity contribution in [3.8, 4) is 0 Å². The first kappa shape index (κ1) is 18.3. The van der Waals surface area contributed by atoms with Gasteiger partial charge in [0.2, 0.25) is 11.7 Å². The number of nitrogens with one attached hydrogen (secondary N) is 1. The number of aromatic nitrogens is 1. The van der Waals surface area contributed by atoms with E-state index in [2.05, 4.69) is 5.32 Å². The van der Waals surface area contributed by atoms with Gasteiger partial charge in [0.05, 0.1) is 31.4 Å². The molecule has 1 aliphatic rings. The molecular formula is C19H22N2O5. The van der Waals surface area contributed by atoms with Crippen molar-refractivity contribution in [1.29, 1.82) is 0 Å². The smallest absolute Gasteiger partial charge is 0.229 e. The number of nitrogens with zero attached hydrogens (tertiary/aromatic N) is 1. The van der Waals surface area contributed by atoms with Crippen LogP contribution in [-0.2, 0) is 11.3 Å². The number of rotatable bonds is 7. The van der Waals surface area contributed by atoms with Crippen molar-refractivity contribution in [3.63, 3.8) is 0 Å². The summed E-state index contributed by atoms with van der Waals surface area (Å²) in [5.74, 6) is -0.998. The number of aliphatic hydroxyl groups excluding tert-OH is 3. The van der Waals surface area contributed by atoms with E-state index in [1.54, 1.807) is 36.4 Å². The van der Waals surface area contributed by atoms with Gasteiger partial charge >= 0.3 is 0 Å². The number of fused-ring (bicyclic) bond motifs is 1. The van der Waals surface area contributed by atoms with Gasteiger partial charge in [0, 0.05) is 17.8 Å². The minimum atomic E-state index is -1.46. The fraction of sp³-hybridized carbons (Fsp3) is 0.368. The highest BCUT2D eigenvalue weighted by atomic mass is 16.3. The summed E-state index contributed by atoms with van der Waals surface area (Å²) in [4.78, 5) is 25.3. The van der Waals surface area contributed by atoms with E-state index in [4.69, 9.17) is 0 Å². The average molecular weight is 358 g/mol. The zero-order valence-corrected chi connectivity index (χ0v) is 14.3. The molecule has 1 atom stereocenters. The van der Waals surface area contributed by atoms with Crippen LogP contribution in [0.4, 0.5) is 0 Å². The molecule has 138 valence electrons. The van der Waals surface area contributed by atoms with Crippen molar-refractivity contribution in [2.75, 3.05) is 19.8 Å². The first-order valence-corrected chi connectivity index (χ1v) is 8.49. The molecule has 0 aliphatic carbocycles. The van der Waals surface area contributed by atoms with Gasteiger partial charge in [-0.15, -0.1) is 0 Å². The van der Waals surface area contributed by atoms with E-state index in [1.807, 2.05) is 10.6 Å². The van der Waals surface area contributed by atoms with E-state index in [1.165, 1.54) is 0 Å². The first-order valence-electron chi connectivity index (χ1n) is 8.49. The van der Waals surface area contributed by atoms with Crippen molar-refractivity contribution in [1.82, 2.24) is 9.88 Å². The Morgan fingerprint density at radius 3 is 2.31 bits per heavy atom. The molecule has 4 N–H and O–H groups in total. The van der Waals surface area contributed by atoms with Crippen LogP contribution in [0.1, 0.15) is 34.1 Å². The molecule has 7 nitrogen and oxygen atoms in total. The molecule has 0 bridgehead atoms. The fourth-order valence-corrected chi connectivity index (χ4v) is 3.26. The number of carbonyl (C=O) groups is 2. The lowest BCUT2D eigenvalue weighted by Crippen LogP contribution is -2.57. The molecule has 7 heteroatoms. The van der Waals surface area contributed by atoms with Crippen LogP contribution in [0, 0.1) is 0 Å². The normalized spacial score (nSPS) is 16.3. The lowest BCUT2D eigenvalue weighted by molar-refractivity contribution is -0.126. The lowest BCUT2D eigenvalue weighted by atomic mass is 9.98. The van der Waals surface area contributed by atoms with Gasteiger partial charge in [-0.3, -0.25) is 9.59 Å². The molecule has 3 rings (SSSR count). The Kier molecular flexibility index (Phi) is 5.22. The Bertz CT molecular complexity index is 787.